The minimum absolute atomic E-state index is 0.0117. The van der Waals surface area contributed by atoms with Crippen LogP contribution in [0.15, 0.2) is 47.4 Å². The maximum atomic E-state index is 11.8. The number of aromatic hydroxyl groups is 1. The lowest BCUT2D eigenvalue weighted by atomic mass is 10.2. The van der Waals surface area contributed by atoms with Crippen molar-refractivity contribution in [3.05, 3.63) is 64.1 Å². The lowest BCUT2D eigenvalue weighted by Gasteiger charge is -2.09. The van der Waals surface area contributed by atoms with Crippen molar-refractivity contribution in [2.75, 3.05) is 6.61 Å². The van der Waals surface area contributed by atoms with E-state index in [1.165, 1.54) is 10.8 Å². The Morgan fingerprint density at radius 3 is 2.65 bits per heavy atom. The molecule has 0 aliphatic heterocycles. The predicted molar refractivity (Wildman–Crippen MR) is 73.9 cm³/mol. The third-order valence-electron chi connectivity index (χ3n) is 2.80. The van der Waals surface area contributed by atoms with E-state index < -0.39 is 5.97 Å². The maximum absolute atomic E-state index is 11.8. The van der Waals surface area contributed by atoms with Crippen molar-refractivity contribution in [3.63, 3.8) is 0 Å². The van der Waals surface area contributed by atoms with Gasteiger partial charge >= 0.3 is 5.97 Å². The van der Waals surface area contributed by atoms with Crippen molar-refractivity contribution in [1.29, 1.82) is 0 Å². The molecular formula is C15H15NO4. The van der Waals surface area contributed by atoms with Gasteiger partial charge in [0.15, 0.2) is 0 Å². The summed E-state index contributed by atoms with van der Waals surface area (Å²) in [5.41, 5.74) is 0.539. The minimum atomic E-state index is -0.646. The topological polar surface area (TPSA) is 68.5 Å². The molecule has 0 unspecified atom stereocenters. The van der Waals surface area contributed by atoms with E-state index in [2.05, 4.69) is 0 Å². The highest BCUT2D eigenvalue weighted by atomic mass is 16.5. The highest BCUT2D eigenvalue weighted by Crippen LogP contribution is 2.15. The first-order valence-corrected chi connectivity index (χ1v) is 6.26. The Bertz CT molecular complexity index is 661. The summed E-state index contributed by atoms with van der Waals surface area (Å²) >= 11 is 0. The molecule has 0 atom stereocenters. The van der Waals surface area contributed by atoms with Crippen molar-refractivity contribution in [2.45, 2.75) is 13.5 Å². The van der Waals surface area contributed by atoms with Gasteiger partial charge in [0.1, 0.15) is 11.3 Å². The van der Waals surface area contributed by atoms with Crippen LogP contribution in [-0.2, 0) is 11.3 Å². The van der Waals surface area contributed by atoms with Crippen LogP contribution in [-0.4, -0.2) is 22.2 Å². The average molecular weight is 273 g/mol. The Labute approximate surface area is 116 Å². The average Bonchev–Trinajstić information content (AvgIpc) is 2.43. The molecule has 1 aromatic carbocycles. The highest BCUT2D eigenvalue weighted by molar-refractivity contribution is 5.91. The number of esters is 1. The summed E-state index contributed by atoms with van der Waals surface area (Å²) < 4.78 is 6.20. The summed E-state index contributed by atoms with van der Waals surface area (Å²) in [5, 5.41) is 9.66. The summed E-state index contributed by atoms with van der Waals surface area (Å²) in [6.45, 7) is 2.21. The zero-order chi connectivity index (χ0) is 14.5. The van der Waals surface area contributed by atoms with Crippen molar-refractivity contribution in [1.82, 2.24) is 4.57 Å². The minimum Gasteiger partial charge on any atom is -0.507 e. The predicted octanol–water partition coefficient (Wildman–Crippen LogP) is 1.78. The third kappa shape index (κ3) is 3.06. The molecule has 5 nitrogen and oxygen atoms in total. The first-order valence-electron chi connectivity index (χ1n) is 6.26. The zero-order valence-electron chi connectivity index (χ0n) is 11.1. The molecule has 0 fully saturated rings. The van der Waals surface area contributed by atoms with Crippen LogP contribution >= 0.6 is 0 Å². The number of pyridine rings is 1. The van der Waals surface area contributed by atoms with Crippen LogP contribution in [0, 0.1) is 0 Å². The van der Waals surface area contributed by atoms with Gasteiger partial charge in [0.2, 0.25) is 0 Å². The molecule has 0 aliphatic rings. The fourth-order valence-electron chi connectivity index (χ4n) is 1.83. The molecule has 0 spiro atoms. The van der Waals surface area contributed by atoms with E-state index in [1.807, 2.05) is 30.3 Å². The van der Waals surface area contributed by atoms with E-state index in [0.29, 0.717) is 6.54 Å². The lowest BCUT2D eigenvalue weighted by Crippen LogP contribution is -2.21. The van der Waals surface area contributed by atoms with Crippen LogP contribution in [0.3, 0.4) is 0 Å². The molecule has 0 bridgehead atoms. The van der Waals surface area contributed by atoms with Crippen molar-refractivity contribution in [2.24, 2.45) is 0 Å². The summed E-state index contributed by atoms with van der Waals surface area (Å²) in [6, 6.07) is 10.4. The van der Waals surface area contributed by atoms with Crippen molar-refractivity contribution in [3.8, 4) is 5.75 Å². The molecule has 20 heavy (non-hydrogen) atoms. The summed E-state index contributed by atoms with van der Waals surface area (Å²) in [5.74, 6) is -1.01. The number of hydrogen-bond acceptors (Lipinski definition) is 4. The van der Waals surface area contributed by atoms with Crippen LogP contribution in [0.25, 0.3) is 0 Å². The Morgan fingerprint density at radius 2 is 2.00 bits per heavy atom. The molecule has 1 heterocycles. The van der Waals surface area contributed by atoms with Gasteiger partial charge in [-0.25, -0.2) is 4.79 Å². The van der Waals surface area contributed by atoms with Gasteiger partial charge in [-0.2, -0.15) is 0 Å². The fraction of sp³-hybridized carbons (Fsp3) is 0.200. The van der Waals surface area contributed by atoms with Crippen LogP contribution in [0.4, 0.5) is 0 Å². The van der Waals surface area contributed by atoms with Crippen LogP contribution in [0.5, 0.6) is 5.75 Å². The number of ether oxygens (including phenoxy) is 1. The lowest BCUT2D eigenvalue weighted by molar-refractivity contribution is 0.0522. The number of aromatic nitrogens is 1. The SMILES string of the molecule is CCOC(=O)c1cn(Cc2ccccc2)c(=O)cc1O. The number of nitrogens with zero attached hydrogens (tertiary/aromatic N) is 1. The van der Waals surface area contributed by atoms with E-state index >= 15 is 0 Å². The van der Waals surface area contributed by atoms with Crippen molar-refractivity contribution < 1.29 is 14.6 Å². The van der Waals surface area contributed by atoms with Gasteiger partial charge in [0.25, 0.3) is 5.56 Å². The molecule has 5 heteroatoms. The molecular weight excluding hydrogens is 258 g/mol. The molecule has 1 aromatic heterocycles. The quantitative estimate of drug-likeness (QED) is 0.862. The summed E-state index contributed by atoms with van der Waals surface area (Å²) in [6.07, 6.45) is 1.32. The number of carbonyl (C=O) groups is 1. The van der Waals surface area contributed by atoms with Crippen LogP contribution in [0.2, 0.25) is 0 Å². The second kappa shape index (κ2) is 6.06. The van der Waals surface area contributed by atoms with Gasteiger partial charge in [0.05, 0.1) is 13.2 Å². The fourth-order valence-corrected chi connectivity index (χ4v) is 1.83. The molecule has 104 valence electrons. The molecule has 1 N–H and O–H groups in total. The third-order valence-corrected chi connectivity index (χ3v) is 2.80. The molecule has 2 rings (SSSR count). The second-order valence-electron chi connectivity index (χ2n) is 4.24. The van der Waals surface area contributed by atoms with Gasteiger partial charge in [-0.15, -0.1) is 0 Å². The number of hydrogen-bond donors (Lipinski definition) is 1. The first kappa shape index (κ1) is 13.9. The van der Waals surface area contributed by atoms with Gasteiger partial charge in [-0.3, -0.25) is 4.79 Å². The standard InChI is InChI=1S/C15H15NO4/c1-2-20-15(19)12-10-16(14(18)8-13(12)17)9-11-6-4-3-5-7-11/h3-8,10,17H,2,9H2,1H3. The van der Waals surface area contributed by atoms with Gasteiger partial charge in [-0.1, -0.05) is 30.3 Å². The second-order valence-corrected chi connectivity index (χ2v) is 4.24. The van der Waals surface area contributed by atoms with Gasteiger partial charge < -0.3 is 14.4 Å². The van der Waals surface area contributed by atoms with Crippen LogP contribution in [0.1, 0.15) is 22.8 Å². The van der Waals surface area contributed by atoms with Gasteiger partial charge in [0, 0.05) is 12.3 Å². The van der Waals surface area contributed by atoms with E-state index in [1.54, 1.807) is 6.92 Å². The Morgan fingerprint density at radius 1 is 1.30 bits per heavy atom. The summed E-state index contributed by atoms with van der Waals surface area (Å²) in [4.78, 5) is 23.5. The smallest absolute Gasteiger partial charge is 0.343 e. The molecule has 2 aromatic rings. The number of carbonyl (C=O) groups excluding carboxylic acids is 1. The molecule has 0 radical (unpaired) electrons. The molecule has 0 saturated carbocycles. The first-order chi connectivity index (χ1) is 9.61. The Kier molecular flexibility index (Phi) is 4.20. The van der Waals surface area contributed by atoms with E-state index in [0.717, 1.165) is 11.6 Å². The van der Waals surface area contributed by atoms with E-state index in [-0.39, 0.29) is 23.5 Å². The Hall–Kier alpha value is -2.56. The van der Waals surface area contributed by atoms with Gasteiger partial charge in [-0.05, 0) is 12.5 Å². The molecule has 0 amide bonds. The maximum Gasteiger partial charge on any atom is 0.343 e. The summed E-state index contributed by atoms with van der Waals surface area (Å²) in [7, 11) is 0. The van der Waals surface area contributed by atoms with E-state index in [9.17, 15) is 14.7 Å². The van der Waals surface area contributed by atoms with E-state index in [4.69, 9.17) is 4.74 Å². The monoisotopic (exact) mass is 273 g/mol. The highest BCUT2D eigenvalue weighted by Gasteiger charge is 2.14. The normalized spacial score (nSPS) is 10.2. The zero-order valence-corrected chi connectivity index (χ0v) is 11.1. The Balaban J connectivity index is 2.36. The molecule has 0 saturated heterocycles. The number of benzene rings is 1. The largest absolute Gasteiger partial charge is 0.507 e. The molecule has 0 aliphatic carbocycles. The number of rotatable bonds is 4. The van der Waals surface area contributed by atoms with Crippen LogP contribution < -0.4 is 5.56 Å². The van der Waals surface area contributed by atoms with Crippen molar-refractivity contribution >= 4 is 5.97 Å².